The van der Waals surface area contributed by atoms with Crippen LogP contribution in [-0.2, 0) is 57.1 Å². The lowest BCUT2D eigenvalue weighted by Crippen LogP contribution is -2.67. The first kappa shape index (κ1) is 56.0. The molecule has 0 spiro atoms. The summed E-state index contributed by atoms with van der Waals surface area (Å²) in [7, 11) is 0. The average molecular weight is 1040 g/mol. The number of allylic oxidation sites excluding steroid dienone is 4. The van der Waals surface area contributed by atoms with E-state index in [-0.39, 0.29) is 36.7 Å². The largest absolute Gasteiger partial charge is 0.481 e. The van der Waals surface area contributed by atoms with Gasteiger partial charge in [-0.3, -0.25) is 14.4 Å². The summed E-state index contributed by atoms with van der Waals surface area (Å²) >= 11 is 0. The summed E-state index contributed by atoms with van der Waals surface area (Å²) in [5.41, 5.74) is -0.460. The van der Waals surface area contributed by atoms with Crippen LogP contribution in [0.3, 0.4) is 0 Å². The van der Waals surface area contributed by atoms with Gasteiger partial charge >= 0.3 is 23.9 Å². The van der Waals surface area contributed by atoms with Gasteiger partial charge in [0.15, 0.2) is 25.0 Å². The Morgan fingerprint density at radius 2 is 1.37 bits per heavy atom. The minimum absolute atomic E-state index is 0.0217. The van der Waals surface area contributed by atoms with Crippen LogP contribution in [0.2, 0.25) is 0 Å². The Kier molecular flexibility index (Phi) is 15.6. The fourth-order valence-corrected chi connectivity index (χ4v) is 15.1. The van der Waals surface area contributed by atoms with Gasteiger partial charge in [0.2, 0.25) is 0 Å². The molecular weight excluding hydrogens is 965 g/mol. The Hall–Kier alpha value is -3.20. The minimum Gasteiger partial charge on any atom is -0.481 e. The average Bonchev–Trinajstić information content (AvgIpc) is 3.30. The molecule has 3 saturated carbocycles. The molecule has 10 N–H and O–H groups in total. The molecule has 3 aliphatic heterocycles. The van der Waals surface area contributed by atoms with Crippen LogP contribution in [0.1, 0.15) is 107 Å². The number of aliphatic carboxylic acids is 2. The summed E-state index contributed by atoms with van der Waals surface area (Å²) in [4.78, 5) is 50.7. The van der Waals surface area contributed by atoms with Crippen LogP contribution >= 0.6 is 0 Å². The zero-order valence-corrected chi connectivity index (χ0v) is 42.7. The van der Waals surface area contributed by atoms with Gasteiger partial charge in [0, 0.05) is 31.6 Å². The van der Waals surface area contributed by atoms with Crippen molar-refractivity contribution in [3.8, 4) is 0 Å². The fraction of sp³-hybridized carbons (Fsp3) is 0.843. The molecule has 3 saturated heterocycles. The van der Waals surface area contributed by atoms with Crippen molar-refractivity contribution in [1.82, 2.24) is 0 Å². The summed E-state index contributed by atoms with van der Waals surface area (Å²) in [5.74, 6) is -4.04. The maximum atomic E-state index is 13.6. The Morgan fingerprint density at radius 3 is 1.99 bits per heavy atom. The smallest absolute Gasteiger partial charge is 0.335 e. The van der Waals surface area contributed by atoms with Crippen LogP contribution in [0.5, 0.6) is 0 Å². The van der Waals surface area contributed by atoms with Crippen molar-refractivity contribution in [2.24, 2.45) is 44.8 Å². The molecule has 5 aliphatic carbocycles. The number of fused-ring (bicyclic) bond motifs is 7. The molecule has 3 heterocycles. The number of carboxylic acid groups (broad SMARTS) is 2. The maximum absolute atomic E-state index is 13.6. The molecule has 0 aromatic heterocycles. The van der Waals surface area contributed by atoms with Gasteiger partial charge in [-0.1, -0.05) is 46.3 Å². The quantitative estimate of drug-likeness (QED) is 0.0936. The number of hydrogen-bond acceptors (Lipinski definition) is 20. The monoisotopic (exact) mass is 1040 g/mol. The number of carboxylic acids is 2. The van der Waals surface area contributed by atoms with Gasteiger partial charge in [0.25, 0.3) is 0 Å². The predicted molar refractivity (Wildman–Crippen MR) is 247 cm³/mol. The topological polar surface area (TPSA) is 344 Å². The van der Waals surface area contributed by atoms with Crippen LogP contribution in [0, 0.1) is 44.8 Å². The van der Waals surface area contributed by atoms with Crippen LogP contribution in [0.15, 0.2) is 22.8 Å². The van der Waals surface area contributed by atoms with Crippen molar-refractivity contribution in [1.29, 1.82) is 0 Å². The molecule has 0 amide bonds. The van der Waals surface area contributed by atoms with Gasteiger partial charge in [-0.2, -0.15) is 0 Å². The summed E-state index contributed by atoms with van der Waals surface area (Å²) in [6.45, 7) is 13.8. The lowest BCUT2D eigenvalue weighted by atomic mass is 9.38. The van der Waals surface area contributed by atoms with Crippen LogP contribution < -0.4 is 0 Å². The molecule has 0 unspecified atom stereocenters. The molecule has 0 aromatic rings. The zero-order valence-electron chi connectivity index (χ0n) is 42.7. The van der Waals surface area contributed by atoms with E-state index in [4.69, 9.17) is 37.9 Å². The van der Waals surface area contributed by atoms with Gasteiger partial charge in [0.05, 0.1) is 24.7 Å². The molecule has 23 atom stereocenters. The Morgan fingerprint density at radius 1 is 0.726 bits per heavy atom. The number of aliphatic hydroxyl groups excluding tert-OH is 8. The number of esters is 2. The van der Waals surface area contributed by atoms with E-state index in [0.717, 1.165) is 23.1 Å². The fourth-order valence-electron chi connectivity index (χ4n) is 15.1. The van der Waals surface area contributed by atoms with E-state index in [0.29, 0.717) is 32.1 Å². The van der Waals surface area contributed by atoms with E-state index in [1.807, 2.05) is 13.8 Å². The molecule has 22 nitrogen and oxygen atoms in total. The van der Waals surface area contributed by atoms with E-state index >= 15 is 0 Å². The van der Waals surface area contributed by atoms with Crippen molar-refractivity contribution in [2.75, 3.05) is 19.8 Å². The number of hydrogen-bond donors (Lipinski definition) is 10. The predicted octanol–water partition coefficient (Wildman–Crippen LogP) is 0.443. The van der Waals surface area contributed by atoms with E-state index in [2.05, 4.69) is 33.8 Å². The molecule has 73 heavy (non-hydrogen) atoms. The molecule has 8 rings (SSSR count). The third kappa shape index (κ3) is 9.50. The lowest BCUT2D eigenvalue weighted by Gasteiger charge is -2.67. The highest BCUT2D eigenvalue weighted by Gasteiger charge is 2.67. The Balaban J connectivity index is 1.07. The number of rotatable bonds is 12. The van der Waals surface area contributed by atoms with Crippen molar-refractivity contribution < 1.29 is 108 Å². The Labute approximate surface area is 423 Å². The van der Waals surface area contributed by atoms with Gasteiger partial charge < -0.3 is 89.0 Å². The van der Waals surface area contributed by atoms with E-state index < -0.39 is 163 Å². The number of ether oxygens (including phenoxy) is 8. The normalized spacial score (nSPS) is 48.4. The highest BCUT2D eigenvalue weighted by Crippen LogP contribution is 2.72. The van der Waals surface area contributed by atoms with Gasteiger partial charge in [-0.25, -0.2) is 4.79 Å². The standard InChI is InChI=1S/C51H76O22/c1-21-15-51(46(64)65)17-31(68-23(3)54)48(6,20-67-22(2)53)16-25(51)24-9-10-29-49(7)14-12-30(47(4,5)28(49)11-13-50(29,8)32(21)24)70-45-41(37(60)36(59)39(71-45)42(62)63)73-44-40(35(58)34(57)27(18-52)69-44)72-43-38(61)33(56)26(55)19-66-43/h9,25-31,33-41,43-45,52,55-61H,10-20H2,1-8H3,(H,62,63)(H,64,65)/t25-,26-,27-,28+,29-,30+,31+,33+,34-,35+,36+,37+,38-,39+,40-,41-,43+,44+,45-,48+,49+,50-,51-/m1/s1. The van der Waals surface area contributed by atoms with E-state index in [1.54, 1.807) is 0 Å². The second-order valence-corrected chi connectivity index (χ2v) is 23.6. The van der Waals surface area contributed by atoms with Crippen molar-refractivity contribution in [3.05, 3.63) is 22.8 Å². The summed E-state index contributed by atoms with van der Waals surface area (Å²) in [6.07, 6.45) is -20.8. The van der Waals surface area contributed by atoms with Gasteiger partial charge in [-0.05, 0) is 91.1 Å². The summed E-state index contributed by atoms with van der Waals surface area (Å²) < 4.78 is 47.3. The molecule has 412 valence electrons. The lowest BCUT2D eigenvalue weighted by molar-refractivity contribution is -0.392. The second-order valence-electron chi connectivity index (χ2n) is 23.6. The van der Waals surface area contributed by atoms with Crippen molar-refractivity contribution >= 4 is 23.9 Å². The van der Waals surface area contributed by atoms with Crippen LogP contribution in [0.25, 0.3) is 0 Å². The van der Waals surface area contributed by atoms with Gasteiger partial charge in [0.1, 0.15) is 73.8 Å². The minimum atomic E-state index is -2.08. The Bertz CT molecular complexity index is 2180. The van der Waals surface area contributed by atoms with Gasteiger partial charge in [-0.15, -0.1) is 0 Å². The first-order chi connectivity index (χ1) is 34.1. The zero-order chi connectivity index (χ0) is 53.7. The second kappa shape index (κ2) is 20.3. The number of aliphatic hydroxyl groups is 8. The summed E-state index contributed by atoms with van der Waals surface area (Å²) in [6, 6.07) is 0. The third-order valence-corrected chi connectivity index (χ3v) is 18.8. The molecule has 22 heteroatoms. The van der Waals surface area contributed by atoms with Crippen molar-refractivity contribution in [2.45, 2.75) is 205 Å². The number of carbonyl (C=O) groups is 4. The van der Waals surface area contributed by atoms with Crippen LogP contribution in [0.4, 0.5) is 0 Å². The van der Waals surface area contributed by atoms with E-state index in [9.17, 15) is 70.2 Å². The number of carbonyl (C=O) groups excluding carboxylic acids is 2. The van der Waals surface area contributed by atoms with Crippen LogP contribution in [-0.4, -0.2) is 193 Å². The first-order valence-corrected chi connectivity index (χ1v) is 25.5. The molecule has 6 fully saturated rings. The van der Waals surface area contributed by atoms with Crippen molar-refractivity contribution in [3.63, 3.8) is 0 Å². The first-order valence-electron chi connectivity index (χ1n) is 25.5. The molecule has 0 radical (unpaired) electrons. The highest BCUT2D eigenvalue weighted by atomic mass is 16.8. The highest BCUT2D eigenvalue weighted by molar-refractivity contribution is 5.79. The molecule has 0 aromatic carbocycles. The molecule has 8 aliphatic rings. The summed E-state index contributed by atoms with van der Waals surface area (Å²) in [5, 5.41) is 107. The SMILES string of the molecule is CC(=O)OC[C@]1(C)C[C@@H]2C3=CC[C@@H]4[C@@]5(C)CC[C@H](O[C@@H]6O[C@H](C(=O)O)[C@@H](O)[C@H](O)[C@H]6O[C@@H]6O[C@H](CO)[C@@H](O)[C@H](O)[C@H]6O[C@@H]6OC[C@@H](O)[C@H](O)[C@H]6O)C(C)(C)[C@@H]5CC[C@@]4(C)C3=C(C)C[C@@]2(C(=O)O)C[C@@H]1OC(C)=O. The molecule has 0 bridgehead atoms. The maximum Gasteiger partial charge on any atom is 0.335 e. The third-order valence-electron chi connectivity index (χ3n) is 18.8. The molecular formula is C51H76O22. The van der Waals surface area contributed by atoms with E-state index in [1.165, 1.54) is 13.8 Å².